The van der Waals surface area contributed by atoms with Gasteiger partial charge in [-0.1, -0.05) is 0 Å². The number of benzene rings is 1. The SMILES string of the molecule is CN(Cc1nccs1)S(=O)(=O)c1ccc2c(c1)OCCO2. The van der Waals surface area contributed by atoms with Crippen molar-refractivity contribution in [3.63, 3.8) is 0 Å². The summed E-state index contributed by atoms with van der Waals surface area (Å²) in [6, 6.07) is 4.65. The third-order valence-electron chi connectivity index (χ3n) is 3.06. The number of hydrogen-bond acceptors (Lipinski definition) is 6. The Labute approximate surface area is 127 Å². The van der Waals surface area contributed by atoms with Gasteiger partial charge in [-0.2, -0.15) is 4.31 Å². The number of nitrogens with zero attached hydrogens (tertiary/aromatic N) is 2. The Hall–Kier alpha value is -1.64. The second-order valence-electron chi connectivity index (χ2n) is 4.49. The normalized spacial score (nSPS) is 14.4. The molecule has 112 valence electrons. The van der Waals surface area contributed by atoms with E-state index in [1.807, 2.05) is 5.38 Å². The van der Waals surface area contributed by atoms with Crippen molar-refractivity contribution < 1.29 is 17.9 Å². The summed E-state index contributed by atoms with van der Waals surface area (Å²) in [6.07, 6.45) is 1.66. The van der Waals surface area contributed by atoms with Gasteiger partial charge in [0.1, 0.15) is 18.2 Å². The van der Waals surface area contributed by atoms with Gasteiger partial charge in [0, 0.05) is 24.7 Å². The number of sulfonamides is 1. The highest BCUT2D eigenvalue weighted by Gasteiger charge is 2.24. The minimum Gasteiger partial charge on any atom is -0.486 e. The zero-order valence-electron chi connectivity index (χ0n) is 11.4. The number of thiazole rings is 1. The first-order chi connectivity index (χ1) is 10.1. The zero-order chi connectivity index (χ0) is 14.9. The summed E-state index contributed by atoms with van der Waals surface area (Å²) in [7, 11) is -2.05. The van der Waals surface area contributed by atoms with Crippen molar-refractivity contribution in [1.82, 2.24) is 9.29 Å². The van der Waals surface area contributed by atoms with Crippen LogP contribution in [0.3, 0.4) is 0 Å². The molecule has 0 amide bonds. The molecule has 8 heteroatoms. The second kappa shape index (κ2) is 5.63. The maximum absolute atomic E-state index is 12.6. The summed E-state index contributed by atoms with van der Waals surface area (Å²) in [5.41, 5.74) is 0. The number of ether oxygens (including phenoxy) is 2. The maximum atomic E-state index is 12.6. The summed E-state index contributed by atoms with van der Waals surface area (Å²) in [6.45, 7) is 1.14. The molecule has 0 fully saturated rings. The molecule has 0 radical (unpaired) electrons. The molecular weight excluding hydrogens is 312 g/mol. The lowest BCUT2D eigenvalue weighted by Crippen LogP contribution is -2.26. The summed E-state index contributed by atoms with van der Waals surface area (Å²) in [5.74, 6) is 1.03. The standard InChI is InChI=1S/C13H14N2O4S2/c1-15(9-13-14-4-7-20-13)21(16,17)10-2-3-11-12(8-10)19-6-5-18-11/h2-4,7-8H,5-6,9H2,1H3. The van der Waals surface area contributed by atoms with Crippen LogP contribution in [0.1, 0.15) is 5.01 Å². The van der Waals surface area contributed by atoms with Gasteiger partial charge in [0.25, 0.3) is 0 Å². The van der Waals surface area contributed by atoms with E-state index in [1.54, 1.807) is 12.3 Å². The Morgan fingerprint density at radius 1 is 1.29 bits per heavy atom. The highest BCUT2D eigenvalue weighted by atomic mass is 32.2. The maximum Gasteiger partial charge on any atom is 0.243 e. The lowest BCUT2D eigenvalue weighted by molar-refractivity contribution is 0.171. The highest BCUT2D eigenvalue weighted by molar-refractivity contribution is 7.89. The van der Waals surface area contributed by atoms with Crippen molar-refractivity contribution in [2.75, 3.05) is 20.3 Å². The number of hydrogen-bond donors (Lipinski definition) is 0. The van der Waals surface area contributed by atoms with Crippen molar-refractivity contribution in [2.45, 2.75) is 11.4 Å². The van der Waals surface area contributed by atoms with Crippen LogP contribution in [0.25, 0.3) is 0 Å². The van der Waals surface area contributed by atoms with Crippen molar-refractivity contribution in [1.29, 1.82) is 0 Å². The lowest BCUT2D eigenvalue weighted by Gasteiger charge is -2.20. The van der Waals surface area contributed by atoms with Crippen LogP contribution in [0.15, 0.2) is 34.7 Å². The van der Waals surface area contributed by atoms with E-state index in [9.17, 15) is 8.42 Å². The van der Waals surface area contributed by atoms with Gasteiger partial charge in [0.15, 0.2) is 11.5 Å². The Bertz CT molecular complexity index is 729. The van der Waals surface area contributed by atoms with Gasteiger partial charge in [0.05, 0.1) is 11.4 Å². The Balaban J connectivity index is 1.87. The lowest BCUT2D eigenvalue weighted by atomic mass is 10.3. The number of fused-ring (bicyclic) bond motifs is 1. The molecule has 1 aromatic heterocycles. The van der Waals surface area contributed by atoms with Crippen molar-refractivity contribution in [2.24, 2.45) is 0 Å². The van der Waals surface area contributed by atoms with Crippen LogP contribution in [-0.4, -0.2) is 38.0 Å². The van der Waals surface area contributed by atoms with Crippen molar-refractivity contribution >= 4 is 21.4 Å². The van der Waals surface area contributed by atoms with E-state index in [0.29, 0.717) is 24.7 Å². The van der Waals surface area contributed by atoms with Crippen LogP contribution in [0, 0.1) is 0 Å². The minimum atomic E-state index is -3.58. The molecule has 0 saturated heterocycles. The summed E-state index contributed by atoms with van der Waals surface area (Å²) >= 11 is 1.42. The quantitative estimate of drug-likeness (QED) is 0.856. The van der Waals surface area contributed by atoms with E-state index >= 15 is 0 Å². The smallest absolute Gasteiger partial charge is 0.243 e. The van der Waals surface area contributed by atoms with Gasteiger partial charge >= 0.3 is 0 Å². The highest BCUT2D eigenvalue weighted by Crippen LogP contribution is 2.33. The van der Waals surface area contributed by atoms with E-state index in [0.717, 1.165) is 5.01 Å². The molecule has 21 heavy (non-hydrogen) atoms. The molecule has 0 atom stereocenters. The third kappa shape index (κ3) is 2.87. The molecule has 1 aromatic carbocycles. The third-order valence-corrected chi connectivity index (χ3v) is 5.63. The first kappa shape index (κ1) is 14.3. The first-order valence-corrected chi connectivity index (χ1v) is 8.64. The van der Waals surface area contributed by atoms with E-state index in [4.69, 9.17) is 9.47 Å². The van der Waals surface area contributed by atoms with Crippen molar-refractivity contribution in [3.8, 4) is 11.5 Å². The van der Waals surface area contributed by atoms with Gasteiger partial charge in [-0.25, -0.2) is 13.4 Å². The predicted octanol–water partition coefficient (Wildman–Crippen LogP) is 1.73. The summed E-state index contributed by atoms with van der Waals surface area (Å²) in [4.78, 5) is 4.29. The van der Waals surface area contributed by atoms with Gasteiger partial charge in [-0.05, 0) is 12.1 Å². The predicted molar refractivity (Wildman–Crippen MR) is 78.2 cm³/mol. The molecule has 0 aliphatic carbocycles. The topological polar surface area (TPSA) is 68.7 Å². The summed E-state index contributed by atoms with van der Waals surface area (Å²) in [5, 5.41) is 2.57. The van der Waals surface area contributed by atoms with E-state index in [-0.39, 0.29) is 11.4 Å². The molecule has 6 nitrogen and oxygen atoms in total. The van der Waals surface area contributed by atoms with Gasteiger partial charge in [-0.15, -0.1) is 11.3 Å². The van der Waals surface area contributed by atoms with Crippen LogP contribution < -0.4 is 9.47 Å². The fraction of sp³-hybridized carbons (Fsp3) is 0.308. The molecule has 2 heterocycles. The molecule has 3 rings (SSSR count). The number of rotatable bonds is 4. The summed E-state index contributed by atoms with van der Waals surface area (Å²) < 4.78 is 37.2. The Morgan fingerprint density at radius 3 is 2.76 bits per heavy atom. The molecular formula is C13H14N2O4S2. The van der Waals surface area contributed by atoms with Gasteiger partial charge < -0.3 is 9.47 Å². The van der Waals surface area contributed by atoms with Gasteiger partial charge in [0.2, 0.25) is 10.0 Å². The zero-order valence-corrected chi connectivity index (χ0v) is 13.0. The van der Waals surface area contributed by atoms with Crippen LogP contribution >= 0.6 is 11.3 Å². The first-order valence-electron chi connectivity index (χ1n) is 6.32. The van der Waals surface area contributed by atoms with E-state index in [2.05, 4.69) is 4.98 Å². The van der Waals surface area contributed by atoms with Crippen LogP contribution in [0.5, 0.6) is 11.5 Å². The van der Waals surface area contributed by atoms with Crippen LogP contribution in [0.4, 0.5) is 0 Å². The second-order valence-corrected chi connectivity index (χ2v) is 7.52. The molecule has 0 unspecified atom stereocenters. The van der Waals surface area contributed by atoms with Gasteiger partial charge in [-0.3, -0.25) is 0 Å². The molecule has 0 spiro atoms. The average Bonchev–Trinajstić information content (AvgIpc) is 2.99. The molecule has 0 saturated carbocycles. The Morgan fingerprint density at radius 2 is 2.05 bits per heavy atom. The fourth-order valence-corrected chi connectivity index (χ4v) is 3.87. The molecule has 0 bridgehead atoms. The average molecular weight is 326 g/mol. The van der Waals surface area contributed by atoms with E-state index in [1.165, 1.54) is 34.8 Å². The molecule has 2 aromatic rings. The molecule has 0 N–H and O–H groups in total. The molecule has 1 aliphatic rings. The largest absolute Gasteiger partial charge is 0.486 e. The van der Waals surface area contributed by atoms with E-state index < -0.39 is 10.0 Å². The fourth-order valence-electron chi connectivity index (χ4n) is 1.97. The van der Waals surface area contributed by atoms with Crippen LogP contribution in [0.2, 0.25) is 0 Å². The monoisotopic (exact) mass is 326 g/mol. The Kier molecular flexibility index (Phi) is 3.83. The number of aromatic nitrogens is 1. The molecule has 1 aliphatic heterocycles. The van der Waals surface area contributed by atoms with Crippen molar-refractivity contribution in [3.05, 3.63) is 34.8 Å². The minimum absolute atomic E-state index is 0.186. The van der Waals surface area contributed by atoms with Crippen LogP contribution in [-0.2, 0) is 16.6 Å².